The van der Waals surface area contributed by atoms with Crippen molar-refractivity contribution in [1.29, 1.82) is 0 Å². The van der Waals surface area contributed by atoms with E-state index in [9.17, 15) is 9.59 Å². The highest BCUT2D eigenvalue weighted by Gasteiger charge is 2.09. The maximum Gasteiger partial charge on any atom is 0.321 e. The van der Waals surface area contributed by atoms with Crippen molar-refractivity contribution in [3.8, 4) is 0 Å². The molecule has 0 unspecified atom stereocenters. The molecule has 0 fully saturated rings. The summed E-state index contributed by atoms with van der Waals surface area (Å²) in [6, 6.07) is 7.03. The first-order valence-corrected chi connectivity index (χ1v) is 7.42. The van der Waals surface area contributed by atoms with Crippen LogP contribution in [0.25, 0.3) is 0 Å². The molecular formula is C16H25N3O2. The Bertz CT molecular complexity index is 465. The predicted molar refractivity (Wildman–Crippen MR) is 86.5 cm³/mol. The van der Waals surface area contributed by atoms with E-state index >= 15 is 0 Å². The van der Waals surface area contributed by atoms with Gasteiger partial charge in [-0.3, -0.25) is 4.79 Å². The number of rotatable bonds is 6. The average Bonchev–Trinajstić information content (AvgIpc) is 2.41. The molecular weight excluding hydrogens is 266 g/mol. The summed E-state index contributed by atoms with van der Waals surface area (Å²) >= 11 is 0. The van der Waals surface area contributed by atoms with Gasteiger partial charge in [-0.1, -0.05) is 13.8 Å². The lowest BCUT2D eigenvalue weighted by atomic mass is 10.1. The van der Waals surface area contributed by atoms with E-state index in [4.69, 9.17) is 0 Å². The average molecular weight is 291 g/mol. The van der Waals surface area contributed by atoms with Crippen LogP contribution in [-0.2, 0) is 4.79 Å². The third-order valence-corrected chi connectivity index (χ3v) is 3.06. The fourth-order valence-corrected chi connectivity index (χ4v) is 1.93. The second kappa shape index (κ2) is 8.29. The van der Waals surface area contributed by atoms with Crippen molar-refractivity contribution < 1.29 is 9.59 Å². The summed E-state index contributed by atoms with van der Waals surface area (Å²) in [5.74, 6) is 0.336. The van der Waals surface area contributed by atoms with Crippen LogP contribution in [0.3, 0.4) is 0 Å². The van der Waals surface area contributed by atoms with Gasteiger partial charge in [0.2, 0.25) is 5.91 Å². The molecule has 116 valence electrons. The smallest absolute Gasteiger partial charge is 0.321 e. The first kappa shape index (κ1) is 17.0. The van der Waals surface area contributed by atoms with Crippen molar-refractivity contribution in [3.63, 3.8) is 0 Å². The number of carbonyl (C=O) groups excluding carboxylic acids is 2. The summed E-state index contributed by atoms with van der Waals surface area (Å²) in [6.07, 6.45) is 0.500. The molecule has 3 amide bonds. The van der Waals surface area contributed by atoms with E-state index < -0.39 is 0 Å². The van der Waals surface area contributed by atoms with E-state index in [2.05, 4.69) is 10.6 Å². The highest BCUT2D eigenvalue weighted by Crippen LogP contribution is 2.15. The van der Waals surface area contributed by atoms with Crippen molar-refractivity contribution in [1.82, 2.24) is 4.90 Å². The first-order valence-electron chi connectivity index (χ1n) is 7.42. The van der Waals surface area contributed by atoms with E-state index in [-0.39, 0.29) is 11.9 Å². The van der Waals surface area contributed by atoms with Crippen LogP contribution in [0.1, 0.15) is 34.1 Å². The quantitative estimate of drug-likeness (QED) is 0.842. The normalized spacial score (nSPS) is 10.3. The highest BCUT2D eigenvalue weighted by atomic mass is 16.2. The second-order valence-corrected chi connectivity index (χ2v) is 5.33. The maximum atomic E-state index is 11.9. The summed E-state index contributed by atoms with van der Waals surface area (Å²) in [5, 5.41) is 5.67. The molecule has 5 nitrogen and oxygen atoms in total. The SMILES string of the molecule is CCN(CC)C(=O)Nc1ccc(NC(=O)CC(C)C)cc1. The molecule has 2 N–H and O–H groups in total. The Labute approximate surface area is 126 Å². The Balaban J connectivity index is 2.58. The van der Waals surface area contributed by atoms with Crippen LogP contribution in [0, 0.1) is 5.92 Å². The van der Waals surface area contributed by atoms with Crippen molar-refractivity contribution >= 4 is 23.3 Å². The minimum atomic E-state index is -0.114. The van der Waals surface area contributed by atoms with E-state index in [1.54, 1.807) is 29.2 Å². The second-order valence-electron chi connectivity index (χ2n) is 5.33. The van der Waals surface area contributed by atoms with Gasteiger partial charge in [-0.05, 0) is 44.0 Å². The molecule has 1 aromatic carbocycles. The van der Waals surface area contributed by atoms with Crippen LogP contribution in [0.5, 0.6) is 0 Å². The van der Waals surface area contributed by atoms with Crippen LogP contribution in [0.15, 0.2) is 24.3 Å². The molecule has 0 aliphatic rings. The van der Waals surface area contributed by atoms with Gasteiger partial charge < -0.3 is 15.5 Å². The predicted octanol–water partition coefficient (Wildman–Crippen LogP) is 3.54. The van der Waals surface area contributed by atoms with Gasteiger partial charge in [0.1, 0.15) is 0 Å². The van der Waals surface area contributed by atoms with Crippen molar-refractivity contribution in [2.24, 2.45) is 5.92 Å². The number of nitrogens with one attached hydrogen (secondary N) is 2. The van der Waals surface area contributed by atoms with Crippen LogP contribution < -0.4 is 10.6 Å². The summed E-state index contributed by atoms with van der Waals surface area (Å²) in [4.78, 5) is 25.3. The van der Waals surface area contributed by atoms with E-state index in [1.807, 2.05) is 27.7 Å². The van der Waals surface area contributed by atoms with Gasteiger partial charge in [-0.15, -0.1) is 0 Å². The molecule has 0 aromatic heterocycles. The number of hydrogen-bond donors (Lipinski definition) is 2. The van der Waals surface area contributed by atoms with Gasteiger partial charge in [0, 0.05) is 30.9 Å². The first-order chi connectivity index (χ1) is 9.96. The minimum absolute atomic E-state index is 0.00456. The number of hydrogen-bond acceptors (Lipinski definition) is 2. The van der Waals surface area contributed by atoms with Crippen LogP contribution >= 0.6 is 0 Å². The molecule has 0 radical (unpaired) electrons. The lowest BCUT2D eigenvalue weighted by Crippen LogP contribution is -2.34. The van der Waals surface area contributed by atoms with Gasteiger partial charge in [-0.2, -0.15) is 0 Å². The summed E-state index contributed by atoms with van der Waals surface area (Å²) in [5.41, 5.74) is 1.45. The van der Waals surface area contributed by atoms with Crippen LogP contribution in [0.4, 0.5) is 16.2 Å². The fourth-order valence-electron chi connectivity index (χ4n) is 1.93. The molecule has 1 rings (SSSR count). The number of carbonyl (C=O) groups is 2. The third kappa shape index (κ3) is 5.85. The van der Waals surface area contributed by atoms with Gasteiger partial charge >= 0.3 is 6.03 Å². The summed E-state index contributed by atoms with van der Waals surface area (Å²) in [6.45, 7) is 9.24. The Kier molecular flexibility index (Phi) is 6.72. The molecule has 0 spiro atoms. The van der Waals surface area contributed by atoms with Gasteiger partial charge in [0.05, 0.1) is 0 Å². The number of benzene rings is 1. The number of urea groups is 1. The Hall–Kier alpha value is -2.04. The summed E-state index contributed by atoms with van der Waals surface area (Å²) in [7, 11) is 0. The van der Waals surface area contributed by atoms with E-state index in [0.29, 0.717) is 31.1 Å². The maximum absolute atomic E-state index is 11.9. The van der Waals surface area contributed by atoms with Crippen molar-refractivity contribution in [3.05, 3.63) is 24.3 Å². The lowest BCUT2D eigenvalue weighted by Gasteiger charge is -2.19. The molecule has 1 aromatic rings. The number of amides is 3. The zero-order chi connectivity index (χ0) is 15.8. The number of anilines is 2. The molecule has 21 heavy (non-hydrogen) atoms. The monoisotopic (exact) mass is 291 g/mol. The lowest BCUT2D eigenvalue weighted by molar-refractivity contribution is -0.116. The molecule has 0 atom stereocenters. The van der Waals surface area contributed by atoms with Gasteiger partial charge in [-0.25, -0.2) is 4.79 Å². The minimum Gasteiger partial charge on any atom is -0.326 e. The molecule has 0 saturated heterocycles. The van der Waals surface area contributed by atoms with Gasteiger partial charge in [0.25, 0.3) is 0 Å². The van der Waals surface area contributed by atoms with Crippen LogP contribution in [-0.4, -0.2) is 29.9 Å². The standard InChI is InChI=1S/C16H25N3O2/c1-5-19(6-2)16(21)18-14-9-7-13(8-10-14)17-15(20)11-12(3)4/h7-10,12H,5-6,11H2,1-4H3,(H,17,20)(H,18,21). The Morgan fingerprint density at radius 1 is 1.00 bits per heavy atom. The van der Waals surface area contributed by atoms with E-state index in [1.165, 1.54) is 0 Å². The molecule has 5 heteroatoms. The molecule has 0 saturated carbocycles. The fraction of sp³-hybridized carbons (Fsp3) is 0.500. The third-order valence-electron chi connectivity index (χ3n) is 3.06. The Morgan fingerprint density at radius 2 is 1.48 bits per heavy atom. The zero-order valence-electron chi connectivity index (χ0n) is 13.3. The highest BCUT2D eigenvalue weighted by molar-refractivity contribution is 5.92. The molecule has 0 heterocycles. The topological polar surface area (TPSA) is 61.4 Å². The largest absolute Gasteiger partial charge is 0.326 e. The molecule has 0 bridgehead atoms. The van der Waals surface area contributed by atoms with Crippen molar-refractivity contribution in [2.75, 3.05) is 23.7 Å². The van der Waals surface area contributed by atoms with Crippen LogP contribution in [0.2, 0.25) is 0 Å². The summed E-state index contributed by atoms with van der Waals surface area (Å²) < 4.78 is 0. The zero-order valence-corrected chi connectivity index (χ0v) is 13.3. The van der Waals surface area contributed by atoms with Gasteiger partial charge in [0.15, 0.2) is 0 Å². The van der Waals surface area contributed by atoms with E-state index in [0.717, 1.165) is 5.69 Å². The van der Waals surface area contributed by atoms with Crippen molar-refractivity contribution in [2.45, 2.75) is 34.1 Å². The molecule has 0 aliphatic heterocycles. The number of nitrogens with zero attached hydrogens (tertiary/aromatic N) is 1. The Morgan fingerprint density at radius 3 is 1.90 bits per heavy atom. The molecule has 0 aliphatic carbocycles.